The maximum atomic E-state index is 11.5. The highest BCUT2D eigenvalue weighted by Gasteiger charge is 2.06. The molecule has 21 heavy (non-hydrogen) atoms. The Hall–Kier alpha value is -2.25. The maximum absolute atomic E-state index is 11.5. The number of anilines is 2. The molecule has 6 nitrogen and oxygen atoms in total. The molecular weight excluding hydrogens is 292 g/mol. The molecule has 0 saturated carbocycles. The van der Waals surface area contributed by atoms with Gasteiger partial charge in [-0.2, -0.15) is 0 Å². The number of carbonyl (C=O) groups is 2. The van der Waals surface area contributed by atoms with Crippen molar-refractivity contribution in [1.29, 1.82) is 0 Å². The quantitative estimate of drug-likeness (QED) is 0.651. The van der Waals surface area contributed by atoms with Crippen molar-refractivity contribution in [3.05, 3.63) is 36.4 Å². The lowest BCUT2D eigenvalue weighted by atomic mass is 10.1. The van der Waals surface area contributed by atoms with Crippen molar-refractivity contribution in [2.75, 3.05) is 10.0 Å². The Bertz CT molecular complexity index is 730. The Morgan fingerprint density at radius 1 is 1.10 bits per heavy atom. The van der Waals surface area contributed by atoms with E-state index in [1.807, 2.05) is 0 Å². The fourth-order valence-corrected chi connectivity index (χ4v) is 2.23. The van der Waals surface area contributed by atoms with Gasteiger partial charge in [-0.05, 0) is 42.0 Å². The monoisotopic (exact) mass is 305 g/mol. The van der Waals surface area contributed by atoms with Crippen molar-refractivity contribution in [2.24, 2.45) is 0 Å². The number of rotatable bonds is 5. The first kappa shape index (κ1) is 15.1. The van der Waals surface area contributed by atoms with Crippen LogP contribution >= 0.6 is 0 Å². The molecule has 0 spiro atoms. The minimum absolute atomic E-state index is 0.172. The highest BCUT2D eigenvalue weighted by Crippen LogP contribution is 2.23. The lowest BCUT2D eigenvalue weighted by Gasteiger charge is -2.10. The average molecular weight is 305 g/mol. The molecule has 1 atom stereocenters. The number of Topliss-reactive ketones (excluding diaryl/α,β-unsaturated/α-hetero) is 1. The summed E-state index contributed by atoms with van der Waals surface area (Å²) in [6.07, 6.45) is -0.172. The molecular formula is C14H13N2O4S-. The number of benzene rings is 2. The van der Waals surface area contributed by atoms with E-state index in [2.05, 4.69) is 10.0 Å². The summed E-state index contributed by atoms with van der Waals surface area (Å²) in [7, 11) is 0. The van der Waals surface area contributed by atoms with E-state index in [1.165, 1.54) is 6.92 Å². The molecule has 0 aromatic heterocycles. The number of nitrogens with one attached hydrogen (secondary N) is 2. The van der Waals surface area contributed by atoms with E-state index in [0.29, 0.717) is 11.4 Å². The van der Waals surface area contributed by atoms with E-state index in [1.54, 1.807) is 36.4 Å². The maximum Gasteiger partial charge on any atom is 0.231 e. The molecule has 0 aliphatic rings. The summed E-state index contributed by atoms with van der Waals surface area (Å²) in [6, 6.07) is 10.3. The van der Waals surface area contributed by atoms with Gasteiger partial charge < -0.3 is 14.6 Å². The first-order chi connectivity index (χ1) is 9.94. The number of ketones is 1. The van der Waals surface area contributed by atoms with E-state index in [4.69, 9.17) is 0 Å². The molecule has 0 fully saturated rings. The van der Waals surface area contributed by atoms with Crippen LogP contribution in [0.1, 0.15) is 13.3 Å². The van der Waals surface area contributed by atoms with Crippen LogP contribution in [0.5, 0.6) is 0 Å². The Morgan fingerprint density at radius 2 is 1.71 bits per heavy atom. The summed E-state index contributed by atoms with van der Waals surface area (Å²) < 4.78 is 23.5. The largest absolute Gasteiger partial charge is 0.755 e. The van der Waals surface area contributed by atoms with Crippen LogP contribution in [0.2, 0.25) is 0 Å². The third-order valence-corrected chi connectivity index (χ3v) is 3.14. The Kier molecular flexibility index (Phi) is 4.66. The standard InChI is InChI=1S/C14H14N2O4S/c1-9(17)6-14(18)15-12-4-2-10-3-5-13(16-21(19)20)8-11(10)7-12/h2-5,7-8,16H,6H2,1H3,(H,15,18)(H,19,20)/p-1. The molecule has 2 N–H and O–H groups in total. The number of hydrogen-bond acceptors (Lipinski definition) is 4. The van der Waals surface area contributed by atoms with Crippen LogP contribution in [-0.2, 0) is 20.9 Å². The number of carbonyl (C=O) groups excluding carboxylic acids is 2. The molecule has 0 saturated heterocycles. The van der Waals surface area contributed by atoms with Crippen molar-refractivity contribution in [1.82, 2.24) is 0 Å². The van der Waals surface area contributed by atoms with E-state index in [-0.39, 0.29) is 18.1 Å². The smallest absolute Gasteiger partial charge is 0.231 e. The minimum atomic E-state index is -2.39. The first-order valence-electron chi connectivity index (χ1n) is 6.13. The molecule has 7 heteroatoms. The molecule has 0 aliphatic heterocycles. The van der Waals surface area contributed by atoms with Crippen LogP contribution < -0.4 is 10.0 Å². The summed E-state index contributed by atoms with van der Waals surface area (Å²) >= 11 is -2.39. The normalized spacial score (nSPS) is 11.9. The van der Waals surface area contributed by atoms with E-state index in [9.17, 15) is 18.4 Å². The van der Waals surface area contributed by atoms with Gasteiger partial charge in [0.05, 0.1) is 6.42 Å². The van der Waals surface area contributed by atoms with Crippen LogP contribution in [-0.4, -0.2) is 20.5 Å². The Balaban J connectivity index is 2.24. The Labute approximate surface area is 124 Å². The third kappa shape index (κ3) is 4.37. The highest BCUT2D eigenvalue weighted by atomic mass is 32.2. The van der Waals surface area contributed by atoms with Crippen molar-refractivity contribution >= 4 is 45.1 Å². The van der Waals surface area contributed by atoms with Gasteiger partial charge in [0.25, 0.3) is 0 Å². The summed E-state index contributed by atoms with van der Waals surface area (Å²) in [6.45, 7) is 1.35. The first-order valence-corrected chi connectivity index (χ1v) is 7.20. The van der Waals surface area contributed by atoms with Crippen LogP contribution in [0.25, 0.3) is 10.8 Å². The number of amides is 1. The van der Waals surface area contributed by atoms with Gasteiger partial charge in [-0.15, -0.1) is 0 Å². The molecule has 0 heterocycles. The van der Waals surface area contributed by atoms with E-state index in [0.717, 1.165) is 10.8 Å². The zero-order chi connectivity index (χ0) is 15.4. The second-order valence-corrected chi connectivity index (χ2v) is 5.21. The zero-order valence-electron chi connectivity index (χ0n) is 11.2. The van der Waals surface area contributed by atoms with Gasteiger partial charge >= 0.3 is 0 Å². The van der Waals surface area contributed by atoms with Crippen LogP contribution in [0.4, 0.5) is 11.4 Å². The molecule has 1 unspecified atom stereocenters. The SMILES string of the molecule is CC(=O)CC(=O)Nc1ccc2ccc(NS(=O)[O-])cc2c1. The van der Waals surface area contributed by atoms with Gasteiger partial charge in [0, 0.05) is 22.6 Å². The number of hydrogen-bond donors (Lipinski definition) is 2. The van der Waals surface area contributed by atoms with Crippen LogP contribution in [0.15, 0.2) is 36.4 Å². The molecule has 0 radical (unpaired) electrons. The molecule has 2 aromatic rings. The summed E-state index contributed by atoms with van der Waals surface area (Å²) in [5.41, 5.74) is 0.984. The molecule has 2 rings (SSSR count). The van der Waals surface area contributed by atoms with Crippen LogP contribution in [0, 0.1) is 0 Å². The fourth-order valence-electron chi connectivity index (χ4n) is 1.92. The second kappa shape index (κ2) is 6.47. The molecule has 2 aromatic carbocycles. The van der Waals surface area contributed by atoms with Gasteiger partial charge in [-0.25, -0.2) is 0 Å². The van der Waals surface area contributed by atoms with Crippen molar-refractivity contribution in [3.8, 4) is 0 Å². The van der Waals surface area contributed by atoms with E-state index < -0.39 is 11.3 Å². The lowest BCUT2D eigenvalue weighted by molar-refractivity contribution is -0.124. The average Bonchev–Trinajstić information content (AvgIpc) is 2.36. The third-order valence-electron chi connectivity index (χ3n) is 2.73. The van der Waals surface area contributed by atoms with Crippen LogP contribution in [0.3, 0.4) is 0 Å². The topological polar surface area (TPSA) is 98.3 Å². The predicted octanol–water partition coefficient (Wildman–Crippen LogP) is 1.96. The van der Waals surface area contributed by atoms with Gasteiger partial charge in [0.2, 0.25) is 5.91 Å². The van der Waals surface area contributed by atoms with Gasteiger partial charge in [-0.3, -0.25) is 13.8 Å². The van der Waals surface area contributed by atoms with E-state index >= 15 is 0 Å². The van der Waals surface area contributed by atoms with Gasteiger partial charge in [0.1, 0.15) is 5.78 Å². The summed E-state index contributed by atoms with van der Waals surface area (Å²) in [5, 5.41) is 4.30. The summed E-state index contributed by atoms with van der Waals surface area (Å²) in [4.78, 5) is 22.4. The number of fused-ring (bicyclic) bond motifs is 1. The fraction of sp³-hybridized carbons (Fsp3) is 0.143. The van der Waals surface area contributed by atoms with Crippen molar-refractivity contribution in [2.45, 2.75) is 13.3 Å². The highest BCUT2D eigenvalue weighted by molar-refractivity contribution is 7.80. The molecule has 110 valence electrons. The predicted molar refractivity (Wildman–Crippen MR) is 80.4 cm³/mol. The Morgan fingerprint density at radius 3 is 2.33 bits per heavy atom. The van der Waals surface area contributed by atoms with Crippen molar-refractivity contribution < 1.29 is 18.4 Å². The summed E-state index contributed by atoms with van der Waals surface area (Å²) in [5.74, 6) is -0.588. The minimum Gasteiger partial charge on any atom is -0.755 e. The second-order valence-electron chi connectivity index (χ2n) is 4.54. The van der Waals surface area contributed by atoms with Crippen molar-refractivity contribution in [3.63, 3.8) is 0 Å². The molecule has 0 bridgehead atoms. The lowest BCUT2D eigenvalue weighted by Crippen LogP contribution is -2.14. The molecule has 0 aliphatic carbocycles. The zero-order valence-corrected chi connectivity index (χ0v) is 12.0. The van der Waals surface area contributed by atoms with Gasteiger partial charge in [-0.1, -0.05) is 12.1 Å². The van der Waals surface area contributed by atoms with Gasteiger partial charge in [0.15, 0.2) is 0 Å². The molecule has 1 amide bonds.